The molecule has 1 saturated heterocycles. The van der Waals surface area contributed by atoms with E-state index in [-0.39, 0.29) is 12.5 Å². The Morgan fingerprint density at radius 3 is 2.48 bits per heavy atom. The van der Waals surface area contributed by atoms with E-state index in [0.717, 1.165) is 11.1 Å². The summed E-state index contributed by atoms with van der Waals surface area (Å²) in [5, 5.41) is 4.10. The molecule has 0 atom stereocenters. The van der Waals surface area contributed by atoms with Crippen LogP contribution in [0.1, 0.15) is 32.2 Å². The van der Waals surface area contributed by atoms with Crippen LogP contribution in [0.3, 0.4) is 0 Å². The molecular formula is C22H31N5O4. The van der Waals surface area contributed by atoms with Crippen LogP contribution in [0.15, 0.2) is 28.8 Å². The topological polar surface area (TPSA) is 92.0 Å². The molecular weight excluding hydrogens is 398 g/mol. The number of aromatic nitrogens is 2. The lowest BCUT2D eigenvalue weighted by Gasteiger charge is -2.34. The summed E-state index contributed by atoms with van der Waals surface area (Å²) in [6.45, 7) is 10.5. The highest BCUT2D eigenvalue weighted by Gasteiger charge is 2.26. The first-order chi connectivity index (χ1) is 14.6. The molecule has 2 heterocycles. The average molecular weight is 430 g/mol. The molecule has 0 saturated carbocycles. The van der Waals surface area contributed by atoms with Crippen LogP contribution in [-0.4, -0.2) is 82.2 Å². The van der Waals surface area contributed by atoms with Crippen molar-refractivity contribution < 1.29 is 18.8 Å². The Morgan fingerprint density at radius 1 is 1.16 bits per heavy atom. The van der Waals surface area contributed by atoms with Crippen LogP contribution >= 0.6 is 0 Å². The monoisotopic (exact) mass is 429 g/mol. The van der Waals surface area contributed by atoms with E-state index in [9.17, 15) is 9.59 Å². The Morgan fingerprint density at radius 2 is 1.84 bits per heavy atom. The highest BCUT2D eigenvalue weighted by Crippen LogP contribution is 2.20. The zero-order valence-electron chi connectivity index (χ0n) is 18.9. The van der Waals surface area contributed by atoms with Crippen molar-refractivity contribution in [1.29, 1.82) is 0 Å². The Bertz CT molecular complexity index is 913. The number of amides is 2. The highest BCUT2D eigenvalue weighted by atomic mass is 16.6. The molecule has 0 radical (unpaired) electrons. The first kappa shape index (κ1) is 22.7. The van der Waals surface area contributed by atoms with E-state index < -0.39 is 11.7 Å². The lowest BCUT2D eigenvalue weighted by Crippen LogP contribution is -2.51. The van der Waals surface area contributed by atoms with Crippen LogP contribution in [0.4, 0.5) is 4.79 Å². The number of carbonyl (C=O) groups is 2. The van der Waals surface area contributed by atoms with Crippen LogP contribution < -0.4 is 0 Å². The zero-order chi connectivity index (χ0) is 22.6. The molecule has 1 aromatic heterocycles. The van der Waals surface area contributed by atoms with Crippen molar-refractivity contribution in [2.24, 2.45) is 0 Å². The summed E-state index contributed by atoms with van der Waals surface area (Å²) >= 11 is 0. The molecule has 1 fully saturated rings. The maximum absolute atomic E-state index is 12.6. The number of rotatable bonds is 5. The lowest BCUT2D eigenvalue weighted by molar-refractivity contribution is -0.134. The molecule has 0 unspecified atom stereocenters. The second-order valence-electron chi connectivity index (χ2n) is 8.82. The maximum atomic E-state index is 12.6. The molecule has 2 amide bonds. The lowest BCUT2D eigenvalue weighted by atomic mass is 10.1. The largest absolute Gasteiger partial charge is 0.444 e. The SMILES string of the molecule is Cc1ccccc1-c1noc(CN2CCN(C(=O)CN(C)C(=O)OC(C)(C)C)CC2)n1. The fourth-order valence-electron chi connectivity index (χ4n) is 3.31. The molecule has 0 spiro atoms. The maximum Gasteiger partial charge on any atom is 0.410 e. The van der Waals surface area contributed by atoms with Gasteiger partial charge in [0, 0.05) is 38.8 Å². The fourth-order valence-corrected chi connectivity index (χ4v) is 3.31. The highest BCUT2D eigenvalue weighted by molar-refractivity contribution is 5.82. The van der Waals surface area contributed by atoms with E-state index in [4.69, 9.17) is 9.26 Å². The Labute approximate surface area is 182 Å². The fraction of sp³-hybridized carbons (Fsp3) is 0.545. The number of likely N-dealkylation sites (N-methyl/N-ethyl adjacent to an activating group) is 1. The Kier molecular flexibility index (Phi) is 6.94. The third-order valence-corrected chi connectivity index (χ3v) is 5.02. The molecule has 9 nitrogen and oxygen atoms in total. The third-order valence-electron chi connectivity index (χ3n) is 5.02. The first-order valence-electron chi connectivity index (χ1n) is 10.5. The second-order valence-corrected chi connectivity index (χ2v) is 8.82. The summed E-state index contributed by atoms with van der Waals surface area (Å²) in [6, 6.07) is 7.92. The van der Waals surface area contributed by atoms with E-state index in [2.05, 4.69) is 15.0 Å². The summed E-state index contributed by atoms with van der Waals surface area (Å²) in [5.41, 5.74) is 1.47. The minimum atomic E-state index is -0.589. The standard InChI is InChI=1S/C22H31N5O4/c1-16-8-6-7-9-17(16)20-23-18(31-24-20)14-26-10-12-27(13-11-26)19(28)15-25(5)21(29)30-22(2,3)4/h6-9H,10-15H2,1-5H3. The number of benzene rings is 1. The average Bonchev–Trinajstić information content (AvgIpc) is 3.15. The number of hydrogen-bond donors (Lipinski definition) is 0. The van der Waals surface area contributed by atoms with Crippen molar-refractivity contribution in [2.45, 2.75) is 39.8 Å². The molecule has 31 heavy (non-hydrogen) atoms. The molecule has 0 bridgehead atoms. The van der Waals surface area contributed by atoms with E-state index in [1.807, 2.05) is 31.2 Å². The molecule has 1 aliphatic rings. The van der Waals surface area contributed by atoms with Crippen molar-refractivity contribution in [3.05, 3.63) is 35.7 Å². The summed E-state index contributed by atoms with van der Waals surface area (Å²) in [4.78, 5) is 34.4. The van der Waals surface area contributed by atoms with E-state index >= 15 is 0 Å². The van der Waals surface area contributed by atoms with Gasteiger partial charge in [0.05, 0.1) is 6.54 Å². The first-order valence-corrected chi connectivity index (χ1v) is 10.5. The van der Waals surface area contributed by atoms with Gasteiger partial charge in [0.2, 0.25) is 17.6 Å². The summed E-state index contributed by atoms with van der Waals surface area (Å²) < 4.78 is 10.7. The van der Waals surface area contributed by atoms with Crippen molar-refractivity contribution in [1.82, 2.24) is 24.8 Å². The predicted molar refractivity (Wildman–Crippen MR) is 115 cm³/mol. The summed E-state index contributed by atoms with van der Waals surface area (Å²) in [5.74, 6) is 1.06. The van der Waals surface area contributed by atoms with Gasteiger partial charge >= 0.3 is 6.09 Å². The van der Waals surface area contributed by atoms with Gasteiger partial charge in [0.25, 0.3) is 0 Å². The number of aryl methyl sites for hydroxylation is 1. The number of carbonyl (C=O) groups excluding carboxylic acids is 2. The number of piperazine rings is 1. The van der Waals surface area contributed by atoms with Gasteiger partial charge < -0.3 is 19.1 Å². The van der Waals surface area contributed by atoms with E-state index in [0.29, 0.717) is 44.4 Å². The van der Waals surface area contributed by atoms with Gasteiger partial charge in [-0.1, -0.05) is 29.4 Å². The molecule has 168 valence electrons. The Hall–Kier alpha value is -2.94. The normalized spacial score (nSPS) is 15.1. The zero-order valence-corrected chi connectivity index (χ0v) is 18.9. The van der Waals surface area contributed by atoms with E-state index in [1.165, 1.54) is 4.90 Å². The van der Waals surface area contributed by atoms with Crippen molar-refractivity contribution in [2.75, 3.05) is 39.8 Å². The molecule has 3 rings (SSSR count). The summed E-state index contributed by atoms with van der Waals surface area (Å²) in [7, 11) is 1.57. The molecule has 1 aromatic carbocycles. The molecule has 2 aromatic rings. The number of nitrogens with zero attached hydrogens (tertiary/aromatic N) is 5. The van der Waals surface area contributed by atoms with Crippen molar-refractivity contribution >= 4 is 12.0 Å². The van der Waals surface area contributed by atoms with Crippen LogP contribution in [0, 0.1) is 6.92 Å². The molecule has 1 aliphatic heterocycles. The van der Waals surface area contributed by atoms with Gasteiger partial charge in [-0.3, -0.25) is 9.69 Å². The van der Waals surface area contributed by atoms with Crippen molar-refractivity contribution in [3.8, 4) is 11.4 Å². The molecule has 9 heteroatoms. The van der Waals surface area contributed by atoms with Gasteiger partial charge in [-0.25, -0.2) is 4.79 Å². The van der Waals surface area contributed by atoms with Gasteiger partial charge in [-0.05, 0) is 33.3 Å². The van der Waals surface area contributed by atoms with Crippen molar-refractivity contribution in [3.63, 3.8) is 0 Å². The van der Waals surface area contributed by atoms with Crippen LogP contribution in [-0.2, 0) is 16.1 Å². The Balaban J connectivity index is 1.47. The molecule has 0 N–H and O–H groups in total. The van der Waals surface area contributed by atoms with Crippen LogP contribution in [0.2, 0.25) is 0 Å². The van der Waals surface area contributed by atoms with Crippen LogP contribution in [0.25, 0.3) is 11.4 Å². The van der Waals surface area contributed by atoms with Gasteiger partial charge in [0.1, 0.15) is 12.1 Å². The van der Waals surface area contributed by atoms with E-state index in [1.54, 1.807) is 32.7 Å². The second kappa shape index (κ2) is 9.47. The minimum Gasteiger partial charge on any atom is -0.444 e. The van der Waals surface area contributed by atoms with Gasteiger partial charge in [0.15, 0.2) is 0 Å². The van der Waals surface area contributed by atoms with Gasteiger partial charge in [-0.2, -0.15) is 4.98 Å². The van der Waals surface area contributed by atoms with Crippen LogP contribution in [0.5, 0.6) is 0 Å². The van der Waals surface area contributed by atoms with Gasteiger partial charge in [-0.15, -0.1) is 0 Å². The number of ether oxygens (including phenoxy) is 1. The quantitative estimate of drug-likeness (QED) is 0.721. The minimum absolute atomic E-state index is 0.00163. The third kappa shape index (κ3) is 6.27. The predicted octanol–water partition coefficient (Wildman–Crippen LogP) is 2.56. The smallest absolute Gasteiger partial charge is 0.410 e. The number of hydrogen-bond acceptors (Lipinski definition) is 7. The summed E-state index contributed by atoms with van der Waals surface area (Å²) in [6.07, 6.45) is -0.500. The molecule has 0 aliphatic carbocycles.